The Balaban J connectivity index is 1.91. The average molecular weight is 358 g/mol. The number of ether oxygens (including phenoxy) is 2. The second-order valence-corrected chi connectivity index (χ2v) is 6.37. The van der Waals surface area contributed by atoms with Crippen LogP contribution in [0.15, 0.2) is 30.3 Å². The second-order valence-electron chi connectivity index (χ2n) is 6.37. The molecule has 0 fully saturated rings. The molecule has 0 aliphatic carbocycles. The number of aromatic hydroxyl groups is 2. The van der Waals surface area contributed by atoms with Crippen LogP contribution >= 0.6 is 0 Å². The van der Waals surface area contributed by atoms with Crippen molar-refractivity contribution in [1.29, 1.82) is 0 Å². The molecule has 1 heterocycles. The van der Waals surface area contributed by atoms with Crippen molar-refractivity contribution in [2.75, 3.05) is 7.11 Å². The highest BCUT2D eigenvalue weighted by atomic mass is 16.5. The summed E-state index contributed by atoms with van der Waals surface area (Å²) in [6, 6.07) is 8.32. The lowest BCUT2D eigenvalue weighted by Gasteiger charge is -2.29. The van der Waals surface area contributed by atoms with Crippen LogP contribution < -0.4 is 9.47 Å². The Kier molecular flexibility index (Phi) is 5.21. The van der Waals surface area contributed by atoms with Crippen molar-refractivity contribution in [3.63, 3.8) is 0 Å². The van der Waals surface area contributed by atoms with Gasteiger partial charge in [-0.1, -0.05) is 6.07 Å². The van der Waals surface area contributed by atoms with E-state index >= 15 is 0 Å². The van der Waals surface area contributed by atoms with Gasteiger partial charge in [0.1, 0.15) is 29.1 Å². The number of hydrogen-bond acceptors (Lipinski definition) is 5. The molecule has 1 aliphatic heterocycles. The third kappa shape index (κ3) is 3.69. The smallest absolute Gasteiger partial charge is 0.303 e. The Bertz CT molecular complexity index is 814. The highest BCUT2D eigenvalue weighted by Gasteiger charge is 2.27. The van der Waals surface area contributed by atoms with Crippen LogP contribution in [0.4, 0.5) is 0 Å². The fourth-order valence-corrected chi connectivity index (χ4v) is 3.36. The molecule has 0 unspecified atom stereocenters. The first-order valence-electron chi connectivity index (χ1n) is 8.58. The molecule has 0 radical (unpaired) electrons. The van der Waals surface area contributed by atoms with Gasteiger partial charge in [-0.05, 0) is 49.4 Å². The molecule has 2 aromatic rings. The lowest BCUT2D eigenvalue weighted by atomic mass is 9.93. The van der Waals surface area contributed by atoms with Crippen molar-refractivity contribution in [3.8, 4) is 23.0 Å². The van der Waals surface area contributed by atoms with E-state index in [1.54, 1.807) is 13.2 Å². The van der Waals surface area contributed by atoms with Gasteiger partial charge in [-0.3, -0.25) is 4.79 Å². The summed E-state index contributed by atoms with van der Waals surface area (Å²) in [4.78, 5) is 10.8. The van der Waals surface area contributed by atoms with Gasteiger partial charge in [0.15, 0.2) is 0 Å². The van der Waals surface area contributed by atoms with E-state index in [1.165, 1.54) is 12.1 Å². The van der Waals surface area contributed by atoms with Crippen LogP contribution in [0.3, 0.4) is 0 Å². The average Bonchev–Trinajstić information content (AvgIpc) is 2.61. The third-order valence-electron chi connectivity index (χ3n) is 4.63. The number of phenols is 2. The summed E-state index contributed by atoms with van der Waals surface area (Å²) < 4.78 is 11.6. The highest BCUT2D eigenvalue weighted by Crippen LogP contribution is 2.43. The van der Waals surface area contributed by atoms with Gasteiger partial charge in [-0.15, -0.1) is 0 Å². The van der Waals surface area contributed by atoms with Crippen LogP contribution in [0.1, 0.15) is 42.1 Å². The van der Waals surface area contributed by atoms with E-state index in [2.05, 4.69) is 0 Å². The standard InChI is InChI=1S/C20H22O6/c1-25-17-9-5-12-6-10-18(14-8-7-13(21)11-16(14)22)26-20(12)15(17)3-2-4-19(23)24/h5,7-9,11,18,21-22H,2-4,6,10H2,1H3,(H,23,24)/t18-/m0/s1. The largest absolute Gasteiger partial charge is 0.508 e. The first-order chi connectivity index (χ1) is 12.5. The number of carbonyl (C=O) groups is 1. The zero-order valence-electron chi connectivity index (χ0n) is 14.6. The number of phenolic OH excluding ortho intramolecular Hbond substituents is 2. The Labute approximate surface area is 151 Å². The predicted molar refractivity (Wildman–Crippen MR) is 95.0 cm³/mol. The molecule has 3 rings (SSSR count). The topological polar surface area (TPSA) is 96.2 Å². The molecule has 2 aromatic carbocycles. The molecular formula is C20H22O6. The molecule has 3 N–H and O–H groups in total. The Morgan fingerprint density at radius 3 is 2.77 bits per heavy atom. The lowest BCUT2D eigenvalue weighted by molar-refractivity contribution is -0.137. The van der Waals surface area contributed by atoms with E-state index in [9.17, 15) is 15.0 Å². The van der Waals surface area contributed by atoms with Crippen molar-refractivity contribution >= 4 is 5.97 Å². The first-order valence-corrected chi connectivity index (χ1v) is 8.58. The van der Waals surface area contributed by atoms with E-state index in [-0.39, 0.29) is 24.0 Å². The van der Waals surface area contributed by atoms with E-state index in [0.29, 0.717) is 36.3 Å². The molecule has 26 heavy (non-hydrogen) atoms. The summed E-state index contributed by atoms with van der Waals surface area (Å²) in [6.07, 6.45) is 2.24. The molecule has 0 spiro atoms. The number of carboxylic acid groups (broad SMARTS) is 1. The van der Waals surface area contributed by atoms with Crippen LogP contribution in [-0.2, 0) is 17.6 Å². The minimum absolute atomic E-state index is 0.00140. The first kappa shape index (κ1) is 17.9. The molecular weight excluding hydrogens is 336 g/mol. The molecule has 0 saturated carbocycles. The van der Waals surface area contributed by atoms with Crippen molar-refractivity contribution in [2.24, 2.45) is 0 Å². The maximum Gasteiger partial charge on any atom is 0.303 e. The number of hydrogen-bond donors (Lipinski definition) is 3. The van der Waals surface area contributed by atoms with Gasteiger partial charge >= 0.3 is 5.97 Å². The van der Waals surface area contributed by atoms with Crippen molar-refractivity contribution < 1.29 is 29.6 Å². The Hall–Kier alpha value is -2.89. The van der Waals surface area contributed by atoms with Crippen LogP contribution in [0.2, 0.25) is 0 Å². The maximum absolute atomic E-state index is 10.8. The lowest BCUT2D eigenvalue weighted by Crippen LogP contribution is -2.17. The Morgan fingerprint density at radius 2 is 2.08 bits per heavy atom. The van der Waals surface area contributed by atoms with E-state index in [4.69, 9.17) is 14.6 Å². The minimum atomic E-state index is -0.832. The molecule has 0 saturated heterocycles. The van der Waals surface area contributed by atoms with Gasteiger partial charge in [-0.2, -0.15) is 0 Å². The number of aryl methyl sites for hydroxylation is 1. The van der Waals surface area contributed by atoms with Gasteiger partial charge in [0, 0.05) is 23.6 Å². The summed E-state index contributed by atoms with van der Waals surface area (Å²) in [7, 11) is 1.58. The molecule has 138 valence electrons. The van der Waals surface area contributed by atoms with Gasteiger partial charge in [0.25, 0.3) is 0 Å². The quantitative estimate of drug-likeness (QED) is 0.730. The minimum Gasteiger partial charge on any atom is -0.508 e. The number of methoxy groups -OCH3 is 1. The predicted octanol–water partition coefficient (Wildman–Crippen LogP) is 3.58. The van der Waals surface area contributed by atoms with Crippen LogP contribution in [0.25, 0.3) is 0 Å². The second kappa shape index (κ2) is 7.56. The fraction of sp³-hybridized carbons (Fsp3) is 0.350. The summed E-state index contributed by atoms with van der Waals surface area (Å²) in [6.45, 7) is 0. The molecule has 0 amide bonds. The zero-order valence-corrected chi connectivity index (χ0v) is 14.6. The molecule has 0 aromatic heterocycles. The number of aliphatic carboxylic acids is 1. The number of carboxylic acids is 1. The summed E-state index contributed by atoms with van der Waals surface area (Å²) in [5.74, 6) is 0.539. The maximum atomic E-state index is 10.8. The van der Waals surface area contributed by atoms with Crippen molar-refractivity contribution in [3.05, 3.63) is 47.0 Å². The highest BCUT2D eigenvalue weighted by molar-refractivity contribution is 5.66. The molecule has 1 aliphatic rings. The summed E-state index contributed by atoms with van der Waals surface area (Å²) in [5, 5.41) is 28.5. The molecule has 1 atom stereocenters. The van der Waals surface area contributed by atoms with Crippen molar-refractivity contribution in [2.45, 2.75) is 38.2 Å². The van der Waals surface area contributed by atoms with Crippen LogP contribution in [-0.4, -0.2) is 28.4 Å². The van der Waals surface area contributed by atoms with Gasteiger partial charge in [0.2, 0.25) is 0 Å². The number of rotatable bonds is 6. The normalized spacial score (nSPS) is 15.8. The SMILES string of the molecule is COc1ccc2c(c1CCCC(=O)O)O[C@H](c1ccc(O)cc1O)CC2. The summed E-state index contributed by atoms with van der Waals surface area (Å²) >= 11 is 0. The van der Waals surface area contributed by atoms with E-state index in [0.717, 1.165) is 17.5 Å². The zero-order chi connectivity index (χ0) is 18.7. The Morgan fingerprint density at radius 1 is 1.27 bits per heavy atom. The summed E-state index contributed by atoms with van der Waals surface area (Å²) in [5.41, 5.74) is 2.52. The van der Waals surface area contributed by atoms with Crippen LogP contribution in [0.5, 0.6) is 23.0 Å². The number of benzene rings is 2. The van der Waals surface area contributed by atoms with Gasteiger partial charge < -0.3 is 24.8 Å². The van der Waals surface area contributed by atoms with Gasteiger partial charge in [0.05, 0.1) is 7.11 Å². The molecule has 6 nitrogen and oxygen atoms in total. The number of fused-ring (bicyclic) bond motifs is 1. The van der Waals surface area contributed by atoms with E-state index < -0.39 is 5.97 Å². The van der Waals surface area contributed by atoms with Crippen LogP contribution in [0, 0.1) is 0 Å². The third-order valence-corrected chi connectivity index (χ3v) is 4.63. The van der Waals surface area contributed by atoms with Gasteiger partial charge in [-0.25, -0.2) is 0 Å². The monoisotopic (exact) mass is 358 g/mol. The van der Waals surface area contributed by atoms with E-state index in [1.807, 2.05) is 12.1 Å². The van der Waals surface area contributed by atoms with Crippen molar-refractivity contribution in [1.82, 2.24) is 0 Å². The fourth-order valence-electron chi connectivity index (χ4n) is 3.36. The molecule has 0 bridgehead atoms. The molecule has 6 heteroatoms.